The highest BCUT2D eigenvalue weighted by atomic mass is 32.2. The zero-order valence-electron chi connectivity index (χ0n) is 10.3. The highest BCUT2D eigenvalue weighted by Crippen LogP contribution is 2.25. The third-order valence-corrected chi connectivity index (χ3v) is 3.89. The van der Waals surface area contributed by atoms with Crippen molar-refractivity contribution in [2.45, 2.75) is 13.0 Å². The molecule has 0 fully saturated rings. The van der Waals surface area contributed by atoms with E-state index in [-0.39, 0.29) is 0 Å². The number of hydrogen-bond donors (Lipinski definition) is 1. The molecule has 90 valence electrons. The Morgan fingerprint density at radius 1 is 1.29 bits per heavy atom. The maximum absolute atomic E-state index is 4.34. The molecule has 0 bridgehead atoms. The molecule has 2 nitrogen and oxygen atoms in total. The summed E-state index contributed by atoms with van der Waals surface area (Å²) in [6.45, 7) is 2.19. The molecule has 0 aliphatic heterocycles. The van der Waals surface area contributed by atoms with Crippen molar-refractivity contribution in [3.63, 3.8) is 0 Å². The summed E-state index contributed by atoms with van der Waals surface area (Å²) in [5, 5.41) is 5.90. The molecule has 1 heterocycles. The van der Waals surface area contributed by atoms with Crippen molar-refractivity contribution in [1.29, 1.82) is 0 Å². The van der Waals surface area contributed by atoms with Gasteiger partial charge in [0, 0.05) is 29.6 Å². The third kappa shape index (κ3) is 2.79. The normalized spacial score (nSPS) is 12.8. The summed E-state index contributed by atoms with van der Waals surface area (Å²) in [5.74, 6) is 2.24. The van der Waals surface area contributed by atoms with E-state index in [1.807, 2.05) is 31.2 Å². The van der Waals surface area contributed by atoms with Gasteiger partial charge in [0.05, 0.1) is 0 Å². The van der Waals surface area contributed by atoms with Gasteiger partial charge in [0.25, 0.3) is 0 Å². The number of rotatable bonds is 5. The summed E-state index contributed by atoms with van der Waals surface area (Å²) in [7, 11) is 2.02. The molecular weight excluding hydrogens is 228 g/mol. The van der Waals surface area contributed by atoms with E-state index in [1.54, 1.807) is 0 Å². The molecule has 0 radical (unpaired) electrons. The first-order chi connectivity index (χ1) is 8.36. The minimum absolute atomic E-state index is 0.374. The van der Waals surface area contributed by atoms with E-state index in [2.05, 4.69) is 41.5 Å². The van der Waals surface area contributed by atoms with Gasteiger partial charge in [0.15, 0.2) is 0 Å². The molecule has 1 unspecified atom stereocenters. The average molecular weight is 246 g/mol. The highest BCUT2D eigenvalue weighted by molar-refractivity contribution is 7.99. The highest BCUT2D eigenvalue weighted by Gasteiger charge is 2.12. The first-order valence-corrected chi connectivity index (χ1v) is 7.10. The van der Waals surface area contributed by atoms with Crippen LogP contribution in [0.4, 0.5) is 0 Å². The third-order valence-electron chi connectivity index (χ3n) is 2.91. The molecule has 0 aliphatic carbocycles. The van der Waals surface area contributed by atoms with Gasteiger partial charge in [0.1, 0.15) is 0 Å². The molecule has 1 N–H and O–H groups in total. The van der Waals surface area contributed by atoms with Gasteiger partial charge < -0.3 is 5.32 Å². The predicted octanol–water partition coefficient (Wildman–Crippen LogP) is 3.25. The van der Waals surface area contributed by atoms with Crippen LogP contribution in [0.2, 0.25) is 0 Å². The number of fused-ring (bicyclic) bond motifs is 1. The Balaban J connectivity index is 2.38. The minimum atomic E-state index is 0.374. The van der Waals surface area contributed by atoms with Gasteiger partial charge in [0.2, 0.25) is 0 Å². The van der Waals surface area contributed by atoms with Crippen LogP contribution in [-0.2, 0) is 0 Å². The number of thioether (sulfide) groups is 1. The van der Waals surface area contributed by atoms with E-state index in [1.165, 1.54) is 16.3 Å². The zero-order valence-corrected chi connectivity index (χ0v) is 11.1. The molecular formula is C14H18N2S. The van der Waals surface area contributed by atoms with Crippen LogP contribution in [0.3, 0.4) is 0 Å². The molecule has 0 spiro atoms. The van der Waals surface area contributed by atoms with Crippen molar-refractivity contribution in [2.75, 3.05) is 18.6 Å². The number of benzene rings is 1. The van der Waals surface area contributed by atoms with Crippen molar-refractivity contribution in [3.05, 3.63) is 42.2 Å². The van der Waals surface area contributed by atoms with Crippen molar-refractivity contribution < 1.29 is 0 Å². The Morgan fingerprint density at radius 2 is 2.12 bits per heavy atom. The standard InChI is InChI=1S/C14H18N2S/c1-3-17-10-14(15-2)13-9-16-8-11-6-4-5-7-12(11)13/h4-9,14-15H,3,10H2,1-2H3. The van der Waals surface area contributed by atoms with Gasteiger partial charge in [-0.25, -0.2) is 0 Å². The van der Waals surface area contributed by atoms with Crippen molar-refractivity contribution in [2.24, 2.45) is 0 Å². The second-order valence-electron chi connectivity index (χ2n) is 3.95. The molecule has 1 aromatic carbocycles. The van der Waals surface area contributed by atoms with Gasteiger partial charge in [-0.3, -0.25) is 4.98 Å². The minimum Gasteiger partial charge on any atom is -0.312 e. The van der Waals surface area contributed by atoms with Crippen molar-refractivity contribution in [3.8, 4) is 0 Å². The summed E-state index contributed by atoms with van der Waals surface area (Å²) >= 11 is 1.95. The second-order valence-corrected chi connectivity index (χ2v) is 5.27. The fraction of sp³-hybridized carbons (Fsp3) is 0.357. The Labute approximate surface area is 107 Å². The Hall–Kier alpha value is -1.06. The molecule has 2 aromatic rings. The SMILES string of the molecule is CCSCC(NC)c1cncc2ccccc12. The van der Waals surface area contributed by atoms with Crippen LogP contribution in [0.5, 0.6) is 0 Å². The lowest BCUT2D eigenvalue weighted by atomic mass is 10.0. The van der Waals surface area contributed by atoms with Gasteiger partial charge in [-0.2, -0.15) is 11.8 Å². The smallest absolute Gasteiger partial charge is 0.0430 e. The average Bonchev–Trinajstić information content (AvgIpc) is 2.40. The first kappa shape index (κ1) is 12.4. The van der Waals surface area contributed by atoms with Crippen molar-refractivity contribution >= 4 is 22.5 Å². The van der Waals surface area contributed by atoms with Gasteiger partial charge in [-0.1, -0.05) is 31.2 Å². The molecule has 1 atom stereocenters. The topological polar surface area (TPSA) is 24.9 Å². The number of hydrogen-bond acceptors (Lipinski definition) is 3. The summed E-state index contributed by atoms with van der Waals surface area (Å²) in [4.78, 5) is 4.34. The maximum atomic E-state index is 4.34. The Morgan fingerprint density at radius 3 is 2.88 bits per heavy atom. The lowest BCUT2D eigenvalue weighted by Gasteiger charge is -2.17. The van der Waals surface area contributed by atoms with E-state index in [9.17, 15) is 0 Å². The van der Waals surface area contributed by atoms with E-state index in [0.717, 1.165) is 11.5 Å². The summed E-state index contributed by atoms with van der Waals surface area (Å²) in [6.07, 6.45) is 3.91. The molecule has 1 aromatic heterocycles. The quantitative estimate of drug-likeness (QED) is 0.876. The monoisotopic (exact) mass is 246 g/mol. The summed E-state index contributed by atoms with van der Waals surface area (Å²) < 4.78 is 0. The predicted molar refractivity (Wildman–Crippen MR) is 76.5 cm³/mol. The Kier molecular flexibility index (Phi) is 4.40. The molecule has 17 heavy (non-hydrogen) atoms. The van der Waals surface area contributed by atoms with Crippen molar-refractivity contribution in [1.82, 2.24) is 10.3 Å². The number of pyridine rings is 1. The van der Waals surface area contributed by atoms with E-state index in [0.29, 0.717) is 6.04 Å². The second kappa shape index (κ2) is 6.03. The lowest BCUT2D eigenvalue weighted by Crippen LogP contribution is -2.19. The van der Waals surface area contributed by atoms with Gasteiger partial charge in [-0.15, -0.1) is 0 Å². The lowest BCUT2D eigenvalue weighted by molar-refractivity contribution is 0.664. The van der Waals surface area contributed by atoms with E-state index < -0.39 is 0 Å². The molecule has 0 saturated carbocycles. The fourth-order valence-electron chi connectivity index (χ4n) is 1.98. The molecule has 2 rings (SSSR count). The fourth-order valence-corrected chi connectivity index (χ4v) is 2.80. The van der Waals surface area contributed by atoms with E-state index >= 15 is 0 Å². The van der Waals surface area contributed by atoms with Crippen LogP contribution in [0.1, 0.15) is 18.5 Å². The van der Waals surface area contributed by atoms with Gasteiger partial charge in [-0.05, 0) is 23.8 Å². The van der Waals surface area contributed by atoms with Gasteiger partial charge >= 0.3 is 0 Å². The number of nitrogens with one attached hydrogen (secondary N) is 1. The molecule has 0 amide bonds. The first-order valence-electron chi connectivity index (χ1n) is 5.94. The van der Waals surface area contributed by atoms with Crippen LogP contribution in [0.25, 0.3) is 10.8 Å². The number of aromatic nitrogens is 1. The molecule has 0 saturated heterocycles. The molecule has 3 heteroatoms. The zero-order chi connectivity index (χ0) is 12.1. The maximum Gasteiger partial charge on any atom is 0.0430 e. The van der Waals surface area contributed by atoms with Crippen LogP contribution >= 0.6 is 11.8 Å². The number of nitrogens with zero attached hydrogens (tertiary/aromatic N) is 1. The Bertz CT molecular complexity index is 479. The summed E-state index contributed by atoms with van der Waals surface area (Å²) in [6, 6.07) is 8.81. The largest absolute Gasteiger partial charge is 0.312 e. The van der Waals surface area contributed by atoms with Crippen LogP contribution in [-0.4, -0.2) is 23.5 Å². The van der Waals surface area contributed by atoms with E-state index in [4.69, 9.17) is 0 Å². The van der Waals surface area contributed by atoms with Crippen LogP contribution in [0, 0.1) is 0 Å². The molecule has 0 aliphatic rings. The van der Waals surface area contributed by atoms with Crippen LogP contribution < -0.4 is 5.32 Å². The van der Waals surface area contributed by atoms with Crippen LogP contribution in [0.15, 0.2) is 36.7 Å². The summed E-state index contributed by atoms with van der Waals surface area (Å²) in [5.41, 5.74) is 1.30.